The Labute approximate surface area is 106 Å². The van der Waals surface area contributed by atoms with E-state index in [9.17, 15) is 14.4 Å². The van der Waals surface area contributed by atoms with Crippen LogP contribution in [-0.2, 0) is 9.59 Å². The fraction of sp³-hybridized carbons (Fsp3) is 0.727. The molecule has 0 aromatic heterocycles. The van der Waals surface area contributed by atoms with Gasteiger partial charge in [-0.15, -0.1) is 0 Å². The van der Waals surface area contributed by atoms with Crippen molar-refractivity contribution in [3.05, 3.63) is 0 Å². The standard InChI is InChI=1S/C11H19N3O4/c1-2-14(6-5-10(16)17)11(18)13-8-3-4-9(15)12-7-8/h8H,2-7H2,1H3,(H,12,15)(H,13,18)(H,16,17). The molecule has 102 valence electrons. The van der Waals surface area contributed by atoms with Crippen LogP contribution in [0.25, 0.3) is 0 Å². The van der Waals surface area contributed by atoms with E-state index >= 15 is 0 Å². The second-order valence-electron chi connectivity index (χ2n) is 4.21. The van der Waals surface area contributed by atoms with E-state index in [2.05, 4.69) is 10.6 Å². The average molecular weight is 257 g/mol. The molecule has 0 aromatic carbocycles. The summed E-state index contributed by atoms with van der Waals surface area (Å²) in [5.74, 6) is -0.926. The molecule has 0 aliphatic carbocycles. The maximum atomic E-state index is 11.8. The highest BCUT2D eigenvalue weighted by atomic mass is 16.4. The van der Waals surface area contributed by atoms with Gasteiger partial charge in [-0.1, -0.05) is 0 Å². The van der Waals surface area contributed by atoms with Crippen LogP contribution in [0.15, 0.2) is 0 Å². The van der Waals surface area contributed by atoms with Crippen molar-refractivity contribution in [2.24, 2.45) is 0 Å². The lowest BCUT2D eigenvalue weighted by Crippen LogP contribution is -2.51. The fourth-order valence-electron chi connectivity index (χ4n) is 1.76. The zero-order valence-corrected chi connectivity index (χ0v) is 10.4. The molecule has 1 heterocycles. The molecule has 0 aromatic rings. The summed E-state index contributed by atoms with van der Waals surface area (Å²) in [5, 5.41) is 14.1. The van der Waals surface area contributed by atoms with Gasteiger partial charge in [-0.25, -0.2) is 4.79 Å². The van der Waals surface area contributed by atoms with Gasteiger partial charge in [0.2, 0.25) is 5.91 Å². The van der Waals surface area contributed by atoms with Crippen LogP contribution in [0, 0.1) is 0 Å². The third-order valence-corrected chi connectivity index (χ3v) is 2.86. The smallest absolute Gasteiger partial charge is 0.317 e. The summed E-state index contributed by atoms with van der Waals surface area (Å²) in [6, 6.07) is -0.353. The van der Waals surface area contributed by atoms with Crippen molar-refractivity contribution < 1.29 is 19.5 Å². The lowest BCUT2D eigenvalue weighted by atomic mass is 10.1. The second kappa shape index (κ2) is 6.83. The van der Waals surface area contributed by atoms with Gasteiger partial charge in [-0.3, -0.25) is 9.59 Å². The number of hydrogen-bond acceptors (Lipinski definition) is 3. The summed E-state index contributed by atoms with van der Waals surface area (Å²) in [5.41, 5.74) is 0. The molecule has 0 spiro atoms. The number of nitrogens with zero attached hydrogens (tertiary/aromatic N) is 1. The Bertz CT molecular complexity index is 322. The zero-order chi connectivity index (χ0) is 13.5. The van der Waals surface area contributed by atoms with Crippen molar-refractivity contribution in [3.8, 4) is 0 Å². The predicted octanol–water partition coefficient (Wildman–Crippen LogP) is -0.229. The van der Waals surface area contributed by atoms with Crippen molar-refractivity contribution in [3.63, 3.8) is 0 Å². The highest BCUT2D eigenvalue weighted by molar-refractivity contribution is 5.78. The molecule has 1 aliphatic rings. The first-order chi connectivity index (χ1) is 8.52. The minimum Gasteiger partial charge on any atom is -0.481 e. The summed E-state index contributed by atoms with van der Waals surface area (Å²) in [6.45, 7) is 2.88. The number of hydrogen-bond donors (Lipinski definition) is 3. The van der Waals surface area contributed by atoms with E-state index < -0.39 is 5.97 Å². The third-order valence-electron chi connectivity index (χ3n) is 2.86. The van der Waals surface area contributed by atoms with Crippen LogP contribution in [0.2, 0.25) is 0 Å². The highest BCUT2D eigenvalue weighted by Gasteiger charge is 2.21. The minimum absolute atomic E-state index is 0.00118. The predicted molar refractivity (Wildman–Crippen MR) is 64.1 cm³/mol. The van der Waals surface area contributed by atoms with Crippen molar-refractivity contribution >= 4 is 17.9 Å². The van der Waals surface area contributed by atoms with E-state index in [1.807, 2.05) is 0 Å². The summed E-state index contributed by atoms with van der Waals surface area (Å²) >= 11 is 0. The van der Waals surface area contributed by atoms with Crippen LogP contribution in [0.3, 0.4) is 0 Å². The fourth-order valence-corrected chi connectivity index (χ4v) is 1.76. The quantitative estimate of drug-likeness (QED) is 0.633. The third kappa shape index (κ3) is 4.60. The highest BCUT2D eigenvalue weighted by Crippen LogP contribution is 2.04. The molecular weight excluding hydrogens is 238 g/mol. The lowest BCUT2D eigenvalue weighted by Gasteiger charge is -2.27. The first kappa shape index (κ1) is 14.3. The van der Waals surface area contributed by atoms with Gasteiger partial charge in [-0.05, 0) is 13.3 Å². The molecule has 1 fully saturated rings. The number of nitrogens with one attached hydrogen (secondary N) is 2. The van der Waals surface area contributed by atoms with Gasteiger partial charge in [0.15, 0.2) is 0 Å². The number of amides is 3. The monoisotopic (exact) mass is 257 g/mol. The van der Waals surface area contributed by atoms with Crippen molar-refractivity contribution in [2.45, 2.75) is 32.2 Å². The minimum atomic E-state index is -0.925. The van der Waals surface area contributed by atoms with E-state index in [4.69, 9.17) is 5.11 Å². The first-order valence-electron chi connectivity index (χ1n) is 6.06. The molecule has 1 unspecified atom stereocenters. The number of carbonyl (C=O) groups is 3. The number of urea groups is 1. The maximum Gasteiger partial charge on any atom is 0.317 e. The number of carbonyl (C=O) groups excluding carboxylic acids is 2. The Hall–Kier alpha value is -1.79. The Morgan fingerprint density at radius 3 is 2.78 bits per heavy atom. The van der Waals surface area contributed by atoms with E-state index in [0.717, 1.165) is 0 Å². The molecule has 1 aliphatic heterocycles. The zero-order valence-electron chi connectivity index (χ0n) is 10.4. The SMILES string of the molecule is CCN(CCC(=O)O)C(=O)NC1CCC(=O)NC1. The van der Waals surface area contributed by atoms with Crippen LogP contribution in [0.1, 0.15) is 26.2 Å². The molecule has 0 saturated carbocycles. The molecule has 1 saturated heterocycles. The van der Waals surface area contributed by atoms with Crippen LogP contribution in [0.5, 0.6) is 0 Å². The van der Waals surface area contributed by atoms with Gasteiger partial charge in [0, 0.05) is 32.1 Å². The molecule has 0 bridgehead atoms. The summed E-state index contributed by atoms with van der Waals surface area (Å²) < 4.78 is 0. The molecular formula is C11H19N3O4. The maximum absolute atomic E-state index is 11.8. The van der Waals surface area contributed by atoms with E-state index in [-0.39, 0.29) is 30.9 Å². The van der Waals surface area contributed by atoms with Gasteiger partial charge in [-0.2, -0.15) is 0 Å². The van der Waals surface area contributed by atoms with Gasteiger partial charge >= 0.3 is 12.0 Å². The molecule has 1 rings (SSSR count). The van der Waals surface area contributed by atoms with Gasteiger partial charge < -0.3 is 20.6 Å². The van der Waals surface area contributed by atoms with E-state index in [1.54, 1.807) is 6.92 Å². The van der Waals surface area contributed by atoms with Gasteiger partial charge in [0.05, 0.1) is 6.42 Å². The number of carboxylic acid groups (broad SMARTS) is 1. The summed E-state index contributed by atoms with van der Waals surface area (Å²) in [4.78, 5) is 34.7. The summed E-state index contributed by atoms with van der Waals surface area (Å²) in [6.07, 6.45) is 0.961. The van der Waals surface area contributed by atoms with Crippen LogP contribution < -0.4 is 10.6 Å². The number of aliphatic carboxylic acids is 1. The topological polar surface area (TPSA) is 98.7 Å². The number of piperidine rings is 1. The lowest BCUT2D eigenvalue weighted by molar-refractivity contribution is -0.137. The van der Waals surface area contributed by atoms with Crippen molar-refractivity contribution in [1.29, 1.82) is 0 Å². The Morgan fingerprint density at radius 2 is 2.28 bits per heavy atom. The van der Waals surface area contributed by atoms with Crippen LogP contribution >= 0.6 is 0 Å². The van der Waals surface area contributed by atoms with E-state index in [1.165, 1.54) is 4.90 Å². The van der Waals surface area contributed by atoms with Crippen molar-refractivity contribution in [2.75, 3.05) is 19.6 Å². The normalized spacial score (nSPS) is 18.9. The van der Waals surface area contributed by atoms with Crippen molar-refractivity contribution in [1.82, 2.24) is 15.5 Å². The average Bonchev–Trinajstić information content (AvgIpc) is 2.32. The largest absolute Gasteiger partial charge is 0.481 e. The molecule has 3 N–H and O–H groups in total. The molecule has 7 heteroatoms. The molecule has 18 heavy (non-hydrogen) atoms. The van der Waals surface area contributed by atoms with E-state index in [0.29, 0.717) is 25.9 Å². The Balaban J connectivity index is 2.37. The first-order valence-corrected chi connectivity index (χ1v) is 6.06. The summed E-state index contributed by atoms with van der Waals surface area (Å²) in [7, 11) is 0. The molecule has 3 amide bonds. The molecule has 0 radical (unpaired) electrons. The number of rotatable bonds is 5. The molecule has 7 nitrogen and oxygen atoms in total. The van der Waals surface area contributed by atoms with Gasteiger partial charge in [0.1, 0.15) is 0 Å². The Kier molecular flexibility index (Phi) is 5.41. The van der Waals surface area contributed by atoms with Crippen LogP contribution in [0.4, 0.5) is 4.79 Å². The Morgan fingerprint density at radius 1 is 1.56 bits per heavy atom. The van der Waals surface area contributed by atoms with Crippen LogP contribution in [-0.4, -0.2) is 53.6 Å². The number of carboxylic acids is 1. The molecule has 1 atom stereocenters. The van der Waals surface area contributed by atoms with Gasteiger partial charge in [0.25, 0.3) is 0 Å². The second-order valence-corrected chi connectivity index (χ2v) is 4.21.